The second-order valence-corrected chi connectivity index (χ2v) is 9.00. The third-order valence-electron chi connectivity index (χ3n) is 3.58. The smallest absolute Gasteiger partial charge is 0.315 e. The van der Waals surface area contributed by atoms with Crippen LogP contribution in [0.15, 0.2) is 0 Å². The van der Waals surface area contributed by atoms with E-state index in [9.17, 15) is 9.00 Å². The number of urea groups is 1. The van der Waals surface area contributed by atoms with E-state index in [4.69, 9.17) is 4.74 Å². The standard InChI is InChI=1S/C15H30N2O3S/c1-12(7-8-13-6-5-10-20-13)17-14(18)16-9-11-21(19)15(2,3)4/h12-13H,5-11H2,1-4H3,(H2,16,17,18)/t12-,13+,21-/m1/s1. The van der Waals surface area contributed by atoms with Gasteiger partial charge in [-0.15, -0.1) is 0 Å². The van der Waals surface area contributed by atoms with Crippen molar-refractivity contribution >= 4 is 16.8 Å². The molecule has 124 valence electrons. The van der Waals surface area contributed by atoms with Gasteiger partial charge in [-0.1, -0.05) is 0 Å². The van der Waals surface area contributed by atoms with Crippen molar-refractivity contribution in [2.45, 2.75) is 70.3 Å². The summed E-state index contributed by atoms with van der Waals surface area (Å²) in [7, 11) is -0.931. The van der Waals surface area contributed by atoms with Crippen LogP contribution in [0.5, 0.6) is 0 Å². The lowest BCUT2D eigenvalue weighted by Crippen LogP contribution is -2.43. The molecule has 6 heteroatoms. The van der Waals surface area contributed by atoms with Gasteiger partial charge in [0, 0.05) is 40.5 Å². The molecule has 3 atom stereocenters. The van der Waals surface area contributed by atoms with E-state index >= 15 is 0 Å². The summed E-state index contributed by atoms with van der Waals surface area (Å²) in [5.74, 6) is 0.487. The third-order valence-corrected chi connectivity index (χ3v) is 5.52. The van der Waals surface area contributed by atoms with Crippen LogP contribution < -0.4 is 10.6 Å². The highest BCUT2D eigenvalue weighted by Gasteiger charge is 2.19. The van der Waals surface area contributed by atoms with E-state index in [2.05, 4.69) is 10.6 Å². The second kappa shape index (κ2) is 8.73. The van der Waals surface area contributed by atoms with Gasteiger partial charge in [-0.05, 0) is 53.4 Å². The highest BCUT2D eigenvalue weighted by molar-refractivity contribution is 7.86. The summed E-state index contributed by atoms with van der Waals surface area (Å²) < 4.78 is 17.2. The van der Waals surface area contributed by atoms with E-state index in [0.29, 0.717) is 18.4 Å². The Labute approximate surface area is 131 Å². The fourth-order valence-electron chi connectivity index (χ4n) is 2.22. The highest BCUT2D eigenvalue weighted by atomic mass is 32.2. The van der Waals surface area contributed by atoms with Gasteiger partial charge in [-0.25, -0.2) is 4.79 Å². The van der Waals surface area contributed by atoms with Gasteiger partial charge >= 0.3 is 6.03 Å². The van der Waals surface area contributed by atoms with Crippen LogP contribution in [0.25, 0.3) is 0 Å². The largest absolute Gasteiger partial charge is 0.378 e. The Hall–Kier alpha value is -0.620. The Morgan fingerprint density at radius 1 is 1.43 bits per heavy atom. The van der Waals surface area contributed by atoms with Crippen molar-refractivity contribution in [1.82, 2.24) is 10.6 Å². The Balaban J connectivity index is 2.10. The number of ether oxygens (including phenoxy) is 1. The lowest BCUT2D eigenvalue weighted by molar-refractivity contribution is 0.100. The summed E-state index contributed by atoms with van der Waals surface area (Å²) in [5.41, 5.74) is 0. The van der Waals surface area contributed by atoms with Crippen LogP contribution in [0.1, 0.15) is 53.4 Å². The molecule has 0 aromatic rings. The highest BCUT2D eigenvalue weighted by Crippen LogP contribution is 2.17. The number of rotatable bonds is 7. The number of nitrogens with one attached hydrogen (secondary N) is 2. The van der Waals surface area contributed by atoms with Gasteiger partial charge in [-0.2, -0.15) is 0 Å². The second-order valence-electron chi connectivity index (χ2n) is 6.68. The average molecular weight is 318 g/mol. The minimum absolute atomic E-state index is 0.127. The number of carbonyl (C=O) groups is 1. The van der Waals surface area contributed by atoms with Crippen molar-refractivity contribution in [2.75, 3.05) is 18.9 Å². The summed E-state index contributed by atoms with van der Waals surface area (Å²) in [5, 5.41) is 5.68. The molecule has 2 amide bonds. The molecule has 1 aliphatic heterocycles. The average Bonchev–Trinajstić information content (AvgIpc) is 2.88. The zero-order chi connectivity index (χ0) is 15.9. The maximum Gasteiger partial charge on any atom is 0.315 e. The van der Waals surface area contributed by atoms with Gasteiger partial charge in [-0.3, -0.25) is 4.21 Å². The zero-order valence-electron chi connectivity index (χ0n) is 13.7. The minimum atomic E-state index is -0.931. The van der Waals surface area contributed by atoms with Crippen molar-refractivity contribution in [2.24, 2.45) is 0 Å². The zero-order valence-corrected chi connectivity index (χ0v) is 14.6. The molecule has 21 heavy (non-hydrogen) atoms. The van der Waals surface area contributed by atoms with Crippen LogP contribution in [0.4, 0.5) is 4.79 Å². The molecule has 1 heterocycles. The van der Waals surface area contributed by atoms with E-state index in [-0.39, 0.29) is 16.8 Å². The van der Waals surface area contributed by atoms with Gasteiger partial charge in [0.25, 0.3) is 0 Å². The molecule has 0 radical (unpaired) electrons. The first-order valence-electron chi connectivity index (χ1n) is 7.83. The number of hydrogen-bond acceptors (Lipinski definition) is 3. The minimum Gasteiger partial charge on any atom is -0.378 e. The molecule has 1 rings (SSSR count). The molecule has 0 aliphatic carbocycles. The summed E-state index contributed by atoms with van der Waals surface area (Å²) in [6.07, 6.45) is 4.57. The quantitative estimate of drug-likeness (QED) is 0.756. The van der Waals surface area contributed by atoms with Gasteiger partial charge < -0.3 is 15.4 Å². The monoisotopic (exact) mass is 318 g/mol. The SMILES string of the molecule is C[C@H](CC[C@@H]1CCCO1)NC(=O)NCC[S@@](=O)C(C)(C)C. The molecule has 0 aromatic carbocycles. The Morgan fingerprint density at radius 3 is 2.71 bits per heavy atom. The molecule has 1 fully saturated rings. The van der Waals surface area contributed by atoms with Gasteiger partial charge in [0.2, 0.25) is 0 Å². The molecule has 5 nitrogen and oxygen atoms in total. The van der Waals surface area contributed by atoms with Crippen LogP contribution >= 0.6 is 0 Å². The predicted octanol–water partition coefficient (Wildman–Crippen LogP) is 2.18. The molecule has 1 aliphatic rings. The molecule has 0 aromatic heterocycles. The van der Waals surface area contributed by atoms with Crippen LogP contribution in [-0.4, -0.2) is 46.0 Å². The van der Waals surface area contributed by atoms with E-state index < -0.39 is 10.8 Å². The molecular formula is C15H30N2O3S. The van der Waals surface area contributed by atoms with Crippen molar-refractivity contribution < 1.29 is 13.7 Å². The van der Waals surface area contributed by atoms with Gasteiger partial charge in [0.05, 0.1) is 6.10 Å². The summed E-state index contributed by atoms with van der Waals surface area (Å²) >= 11 is 0. The van der Waals surface area contributed by atoms with Gasteiger partial charge in [0.15, 0.2) is 0 Å². The van der Waals surface area contributed by atoms with Crippen molar-refractivity contribution in [3.63, 3.8) is 0 Å². The van der Waals surface area contributed by atoms with Crippen molar-refractivity contribution in [3.8, 4) is 0 Å². The van der Waals surface area contributed by atoms with Crippen LogP contribution in [0.3, 0.4) is 0 Å². The maximum absolute atomic E-state index is 11.8. The van der Waals surface area contributed by atoms with Crippen LogP contribution in [0, 0.1) is 0 Å². The van der Waals surface area contributed by atoms with E-state index in [1.165, 1.54) is 0 Å². The third kappa shape index (κ3) is 7.81. The van der Waals surface area contributed by atoms with E-state index in [1.54, 1.807) is 0 Å². The number of carbonyl (C=O) groups excluding carboxylic acids is 1. The molecule has 0 unspecified atom stereocenters. The van der Waals surface area contributed by atoms with E-state index in [1.807, 2.05) is 27.7 Å². The summed E-state index contributed by atoms with van der Waals surface area (Å²) in [6.45, 7) is 9.14. The molecule has 0 bridgehead atoms. The fraction of sp³-hybridized carbons (Fsp3) is 0.933. The first-order chi connectivity index (χ1) is 9.79. The van der Waals surface area contributed by atoms with Gasteiger partial charge in [0.1, 0.15) is 0 Å². The predicted molar refractivity (Wildman–Crippen MR) is 87.0 cm³/mol. The molecule has 0 spiro atoms. The molecule has 0 saturated carbocycles. The van der Waals surface area contributed by atoms with Crippen molar-refractivity contribution in [3.05, 3.63) is 0 Å². The normalized spacial score (nSPS) is 21.8. The first kappa shape index (κ1) is 18.4. The number of amides is 2. The lowest BCUT2D eigenvalue weighted by atomic mass is 10.1. The molecule has 1 saturated heterocycles. The lowest BCUT2D eigenvalue weighted by Gasteiger charge is -2.19. The molecule has 2 N–H and O–H groups in total. The first-order valence-corrected chi connectivity index (χ1v) is 9.15. The summed E-state index contributed by atoms with van der Waals surface area (Å²) in [6, 6.07) is -0.0527. The Kier molecular flexibility index (Phi) is 7.66. The van der Waals surface area contributed by atoms with Crippen LogP contribution in [0.2, 0.25) is 0 Å². The van der Waals surface area contributed by atoms with Crippen molar-refractivity contribution in [1.29, 1.82) is 0 Å². The number of hydrogen-bond donors (Lipinski definition) is 2. The fourth-order valence-corrected chi connectivity index (χ4v) is 3.12. The summed E-state index contributed by atoms with van der Waals surface area (Å²) in [4.78, 5) is 11.7. The molecular weight excluding hydrogens is 288 g/mol. The van der Waals surface area contributed by atoms with Crippen LogP contribution in [-0.2, 0) is 15.5 Å². The maximum atomic E-state index is 11.8. The Morgan fingerprint density at radius 2 is 2.14 bits per heavy atom. The Bertz CT molecular complexity index is 349. The van der Waals surface area contributed by atoms with E-state index in [0.717, 1.165) is 32.3 Å². The topological polar surface area (TPSA) is 67.4 Å².